The largest absolute Gasteiger partial charge is 0.506 e. The zero-order chi connectivity index (χ0) is 16.8. The molecule has 0 bridgehead atoms. The molecular formula is C21H18BrNO. The number of halogens is 1. The Kier molecular flexibility index (Phi) is 3.69. The molecule has 2 nitrogen and oxygen atoms in total. The molecule has 3 aromatic rings. The summed E-state index contributed by atoms with van der Waals surface area (Å²) in [5.74, 6) is 0.243. The van der Waals surface area contributed by atoms with E-state index in [4.69, 9.17) is 0 Å². The van der Waals surface area contributed by atoms with Crippen LogP contribution in [0.15, 0.2) is 45.9 Å². The number of hydrogen-bond acceptors (Lipinski definition) is 2. The van der Waals surface area contributed by atoms with Gasteiger partial charge in [0, 0.05) is 17.2 Å². The van der Waals surface area contributed by atoms with Crippen LogP contribution in [0.2, 0.25) is 0 Å². The fourth-order valence-corrected chi connectivity index (χ4v) is 4.01. The molecule has 1 aliphatic rings. The summed E-state index contributed by atoms with van der Waals surface area (Å²) in [6.07, 6.45) is 3.99. The molecule has 1 N–H and O–H groups in total. The third-order valence-electron chi connectivity index (χ3n) is 4.97. The van der Waals surface area contributed by atoms with Crippen LogP contribution in [0.1, 0.15) is 27.8 Å². The van der Waals surface area contributed by atoms with Gasteiger partial charge in [-0.25, -0.2) is 0 Å². The van der Waals surface area contributed by atoms with Crippen molar-refractivity contribution in [2.75, 3.05) is 0 Å². The quantitative estimate of drug-likeness (QED) is 0.562. The predicted octanol–water partition coefficient (Wildman–Crippen LogP) is 5.77. The van der Waals surface area contributed by atoms with E-state index < -0.39 is 0 Å². The van der Waals surface area contributed by atoms with E-state index in [1.54, 1.807) is 6.21 Å². The van der Waals surface area contributed by atoms with Crippen molar-refractivity contribution in [2.24, 2.45) is 4.99 Å². The lowest BCUT2D eigenvalue weighted by Gasteiger charge is -2.09. The van der Waals surface area contributed by atoms with Crippen LogP contribution < -0.4 is 0 Å². The molecule has 0 spiro atoms. The van der Waals surface area contributed by atoms with Gasteiger partial charge in [-0.2, -0.15) is 0 Å². The molecule has 0 aliphatic heterocycles. The minimum Gasteiger partial charge on any atom is -0.506 e. The van der Waals surface area contributed by atoms with Crippen molar-refractivity contribution in [3.8, 4) is 5.75 Å². The second-order valence-corrected chi connectivity index (χ2v) is 7.20. The molecule has 0 saturated heterocycles. The van der Waals surface area contributed by atoms with Crippen molar-refractivity contribution in [3.05, 3.63) is 68.7 Å². The number of rotatable bonds is 2. The van der Waals surface area contributed by atoms with Crippen molar-refractivity contribution in [1.82, 2.24) is 0 Å². The van der Waals surface area contributed by atoms with Gasteiger partial charge in [0.25, 0.3) is 0 Å². The van der Waals surface area contributed by atoms with Crippen LogP contribution in [-0.4, -0.2) is 11.3 Å². The van der Waals surface area contributed by atoms with E-state index in [-0.39, 0.29) is 5.75 Å². The number of phenolic OH excluding ortho intramolecular Hbond substituents is 1. The molecule has 3 aromatic carbocycles. The van der Waals surface area contributed by atoms with E-state index in [1.807, 2.05) is 19.9 Å². The number of hydrogen-bond donors (Lipinski definition) is 1. The molecular weight excluding hydrogens is 362 g/mol. The molecule has 0 aromatic heterocycles. The molecule has 0 saturated carbocycles. The van der Waals surface area contributed by atoms with E-state index in [1.165, 1.54) is 21.9 Å². The summed E-state index contributed by atoms with van der Waals surface area (Å²) in [5.41, 5.74) is 6.68. The standard InChI is InChI=1S/C21H18BrNO/c1-12-10-16(21(24)20(22)13(12)2)11-23-18-9-8-15-7-6-14-4-3-5-17(18)19(14)15/h3-5,8-11,24H,6-7H2,1-2H3. The molecule has 0 heterocycles. The molecule has 0 fully saturated rings. The average molecular weight is 380 g/mol. The van der Waals surface area contributed by atoms with E-state index in [9.17, 15) is 5.11 Å². The minimum atomic E-state index is 0.243. The van der Waals surface area contributed by atoms with Gasteiger partial charge in [0.2, 0.25) is 0 Å². The highest BCUT2D eigenvalue weighted by Crippen LogP contribution is 2.37. The summed E-state index contributed by atoms with van der Waals surface area (Å²) in [7, 11) is 0. The highest BCUT2D eigenvalue weighted by Gasteiger charge is 2.15. The first kappa shape index (κ1) is 15.4. The monoisotopic (exact) mass is 379 g/mol. The van der Waals surface area contributed by atoms with E-state index in [2.05, 4.69) is 51.3 Å². The SMILES string of the molecule is Cc1cc(C=Nc2ccc3c4c(cccc24)CC3)c(O)c(Br)c1C. The number of phenols is 1. The molecule has 120 valence electrons. The Bertz CT molecular complexity index is 994. The summed E-state index contributed by atoms with van der Waals surface area (Å²) in [4.78, 5) is 4.68. The normalized spacial score (nSPS) is 13.3. The van der Waals surface area contributed by atoms with Crippen LogP contribution in [0.5, 0.6) is 5.75 Å². The van der Waals surface area contributed by atoms with Gasteiger partial charge in [0.1, 0.15) is 5.75 Å². The van der Waals surface area contributed by atoms with Crippen LogP contribution in [0, 0.1) is 13.8 Å². The molecule has 24 heavy (non-hydrogen) atoms. The van der Waals surface area contributed by atoms with Crippen LogP contribution >= 0.6 is 15.9 Å². The highest BCUT2D eigenvalue weighted by atomic mass is 79.9. The summed E-state index contributed by atoms with van der Waals surface area (Å²) < 4.78 is 0.740. The van der Waals surface area contributed by atoms with Crippen LogP contribution in [-0.2, 0) is 12.8 Å². The predicted molar refractivity (Wildman–Crippen MR) is 104 cm³/mol. The maximum absolute atomic E-state index is 10.4. The van der Waals surface area contributed by atoms with Crippen molar-refractivity contribution < 1.29 is 5.11 Å². The zero-order valence-electron chi connectivity index (χ0n) is 13.7. The summed E-state index contributed by atoms with van der Waals surface area (Å²) in [6.45, 7) is 4.03. The Morgan fingerprint density at radius 3 is 2.62 bits per heavy atom. The maximum Gasteiger partial charge on any atom is 0.138 e. The van der Waals surface area contributed by atoms with Gasteiger partial charge in [-0.15, -0.1) is 0 Å². The molecule has 3 heteroatoms. The van der Waals surface area contributed by atoms with Gasteiger partial charge >= 0.3 is 0 Å². The first-order chi connectivity index (χ1) is 11.6. The van der Waals surface area contributed by atoms with Crippen molar-refractivity contribution in [2.45, 2.75) is 26.7 Å². The van der Waals surface area contributed by atoms with Gasteiger partial charge in [-0.1, -0.05) is 24.3 Å². The fourth-order valence-electron chi connectivity index (χ4n) is 3.47. The Morgan fingerprint density at radius 1 is 1.08 bits per heavy atom. The Hall–Kier alpha value is -2.13. The lowest BCUT2D eigenvalue weighted by molar-refractivity contribution is 0.470. The van der Waals surface area contributed by atoms with Gasteiger partial charge in [-0.3, -0.25) is 4.99 Å². The molecule has 4 rings (SSSR count). The number of aryl methyl sites for hydroxylation is 3. The van der Waals surface area contributed by atoms with Crippen LogP contribution in [0.3, 0.4) is 0 Å². The number of nitrogens with zero attached hydrogens (tertiary/aromatic N) is 1. The minimum absolute atomic E-state index is 0.243. The molecule has 0 amide bonds. The van der Waals surface area contributed by atoms with E-state index in [0.29, 0.717) is 0 Å². The van der Waals surface area contributed by atoms with Crippen LogP contribution in [0.25, 0.3) is 10.8 Å². The molecule has 0 radical (unpaired) electrons. The van der Waals surface area contributed by atoms with Crippen molar-refractivity contribution >= 4 is 38.6 Å². The van der Waals surface area contributed by atoms with Gasteiger partial charge < -0.3 is 5.11 Å². The molecule has 0 atom stereocenters. The Balaban J connectivity index is 1.83. The second kappa shape index (κ2) is 5.75. The van der Waals surface area contributed by atoms with Crippen molar-refractivity contribution in [1.29, 1.82) is 0 Å². The smallest absolute Gasteiger partial charge is 0.138 e. The maximum atomic E-state index is 10.4. The van der Waals surface area contributed by atoms with Crippen LogP contribution in [0.4, 0.5) is 5.69 Å². The fraction of sp³-hybridized carbons (Fsp3) is 0.190. The Labute approximate surface area is 150 Å². The summed E-state index contributed by atoms with van der Waals surface area (Å²) in [6, 6.07) is 12.7. The van der Waals surface area contributed by atoms with Gasteiger partial charge in [0.05, 0.1) is 10.2 Å². The molecule has 1 aliphatic carbocycles. The van der Waals surface area contributed by atoms with Gasteiger partial charge in [0.15, 0.2) is 0 Å². The van der Waals surface area contributed by atoms with E-state index >= 15 is 0 Å². The zero-order valence-corrected chi connectivity index (χ0v) is 15.3. The topological polar surface area (TPSA) is 32.6 Å². The van der Waals surface area contributed by atoms with Gasteiger partial charge in [-0.05, 0) is 82.4 Å². The summed E-state index contributed by atoms with van der Waals surface area (Å²) >= 11 is 3.46. The highest BCUT2D eigenvalue weighted by molar-refractivity contribution is 9.10. The average Bonchev–Trinajstić information content (AvgIpc) is 3.01. The first-order valence-corrected chi connectivity index (χ1v) is 8.92. The lowest BCUT2D eigenvalue weighted by atomic mass is 10.0. The number of benzene rings is 3. The third kappa shape index (κ3) is 2.35. The van der Waals surface area contributed by atoms with Crippen molar-refractivity contribution in [3.63, 3.8) is 0 Å². The summed E-state index contributed by atoms with van der Waals surface area (Å²) in [5, 5.41) is 12.9. The molecule has 0 unspecified atom stereocenters. The van der Waals surface area contributed by atoms with E-state index in [0.717, 1.165) is 39.7 Å². The third-order valence-corrected chi connectivity index (χ3v) is 5.94. The Morgan fingerprint density at radius 2 is 1.83 bits per heavy atom. The lowest BCUT2D eigenvalue weighted by Crippen LogP contribution is -1.90. The number of aliphatic imine (C=N–C) groups is 1. The number of aromatic hydroxyl groups is 1. The first-order valence-electron chi connectivity index (χ1n) is 8.12. The second-order valence-electron chi connectivity index (χ2n) is 6.41.